The Morgan fingerprint density at radius 2 is 2.15 bits per heavy atom. The number of ether oxygens (including phenoxy) is 1. The van der Waals surface area contributed by atoms with Crippen LogP contribution in [-0.2, 0) is 9.53 Å². The molecule has 0 saturated carbocycles. The van der Waals surface area contributed by atoms with Gasteiger partial charge in [-0.25, -0.2) is 0 Å². The van der Waals surface area contributed by atoms with E-state index in [9.17, 15) is 9.59 Å². The van der Waals surface area contributed by atoms with Crippen molar-refractivity contribution in [1.29, 1.82) is 0 Å². The first kappa shape index (κ1) is 14.9. The number of amides is 1. The summed E-state index contributed by atoms with van der Waals surface area (Å²) in [4.78, 5) is 25.7. The fourth-order valence-corrected chi connectivity index (χ4v) is 2.61. The van der Waals surface area contributed by atoms with Crippen LogP contribution in [0.2, 0.25) is 5.02 Å². The van der Waals surface area contributed by atoms with E-state index < -0.39 is 0 Å². The second-order valence-electron chi connectivity index (χ2n) is 5.08. The third-order valence-corrected chi connectivity index (χ3v) is 4.07. The van der Waals surface area contributed by atoms with Gasteiger partial charge in [-0.2, -0.15) is 0 Å². The first-order chi connectivity index (χ1) is 9.52. The van der Waals surface area contributed by atoms with E-state index >= 15 is 0 Å². The van der Waals surface area contributed by atoms with Gasteiger partial charge in [0, 0.05) is 23.7 Å². The third-order valence-electron chi connectivity index (χ3n) is 3.66. The van der Waals surface area contributed by atoms with Gasteiger partial charge in [0.1, 0.15) is 0 Å². The molecule has 0 aromatic heterocycles. The van der Waals surface area contributed by atoms with Gasteiger partial charge in [-0.15, -0.1) is 0 Å². The molecule has 1 aromatic rings. The minimum Gasteiger partial charge on any atom is -0.469 e. The second-order valence-corrected chi connectivity index (χ2v) is 5.48. The van der Waals surface area contributed by atoms with Crippen LogP contribution >= 0.6 is 11.6 Å². The van der Waals surface area contributed by atoms with E-state index in [1.54, 1.807) is 17.0 Å². The lowest BCUT2D eigenvalue weighted by atomic mass is 9.97. The highest BCUT2D eigenvalue weighted by atomic mass is 35.5. The van der Waals surface area contributed by atoms with Gasteiger partial charge in [0.2, 0.25) is 0 Å². The molecule has 4 nitrogen and oxygen atoms in total. The zero-order valence-corrected chi connectivity index (χ0v) is 12.4. The minimum atomic E-state index is -0.246. The van der Waals surface area contributed by atoms with Gasteiger partial charge in [0.05, 0.1) is 13.0 Å². The summed E-state index contributed by atoms with van der Waals surface area (Å²) in [7, 11) is 1.38. The highest BCUT2D eigenvalue weighted by molar-refractivity contribution is 6.31. The van der Waals surface area contributed by atoms with Gasteiger partial charge in [-0.3, -0.25) is 9.59 Å². The number of rotatable bonds is 2. The average molecular weight is 296 g/mol. The third kappa shape index (κ3) is 3.12. The Morgan fingerprint density at radius 3 is 2.80 bits per heavy atom. The van der Waals surface area contributed by atoms with E-state index in [4.69, 9.17) is 16.3 Å². The number of aryl methyl sites for hydroxylation is 1. The zero-order valence-electron chi connectivity index (χ0n) is 11.7. The fraction of sp³-hybridized carbons (Fsp3) is 0.467. The molecule has 0 aliphatic carbocycles. The second kappa shape index (κ2) is 6.27. The highest BCUT2D eigenvalue weighted by Gasteiger charge is 2.29. The molecule has 1 amide bonds. The Morgan fingerprint density at radius 1 is 1.40 bits per heavy atom. The topological polar surface area (TPSA) is 46.6 Å². The molecule has 1 saturated heterocycles. The quantitative estimate of drug-likeness (QED) is 0.788. The van der Waals surface area contributed by atoms with Crippen molar-refractivity contribution in [2.45, 2.75) is 19.8 Å². The number of piperidine rings is 1. The summed E-state index contributed by atoms with van der Waals surface area (Å²) >= 11 is 6.05. The maximum atomic E-state index is 12.4. The molecule has 108 valence electrons. The number of likely N-dealkylation sites (tertiary alicyclic amines) is 1. The number of carbonyl (C=O) groups excluding carboxylic acids is 2. The highest BCUT2D eigenvalue weighted by Crippen LogP contribution is 2.22. The number of hydrogen-bond donors (Lipinski definition) is 0. The first-order valence-electron chi connectivity index (χ1n) is 6.66. The molecule has 2 rings (SSSR count). The largest absolute Gasteiger partial charge is 0.469 e. The van der Waals surface area contributed by atoms with Crippen LogP contribution in [0.25, 0.3) is 0 Å². The fourth-order valence-electron chi connectivity index (χ4n) is 2.43. The van der Waals surface area contributed by atoms with Crippen molar-refractivity contribution in [2.75, 3.05) is 20.2 Å². The maximum Gasteiger partial charge on any atom is 0.310 e. The van der Waals surface area contributed by atoms with Gasteiger partial charge >= 0.3 is 5.97 Å². The summed E-state index contributed by atoms with van der Waals surface area (Å²) in [5.41, 5.74) is 1.50. The van der Waals surface area contributed by atoms with Crippen LogP contribution in [0, 0.1) is 12.8 Å². The van der Waals surface area contributed by atoms with Crippen LogP contribution in [0.1, 0.15) is 28.8 Å². The number of hydrogen-bond acceptors (Lipinski definition) is 3. The predicted molar refractivity (Wildman–Crippen MR) is 76.8 cm³/mol. The van der Waals surface area contributed by atoms with Crippen LogP contribution in [-0.4, -0.2) is 37.0 Å². The SMILES string of the molecule is COC(=O)C1CCCN(C(=O)c2ccc(C)c(Cl)c2)C1. The minimum absolute atomic E-state index is 0.0829. The molecule has 0 N–H and O–H groups in total. The molecule has 1 atom stereocenters. The molecule has 0 radical (unpaired) electrons. The van der Waals surface area contributed by atoms with Crippen LogP contribution in [0.4, 0.5) is 0 Å². The lowest BCUT2D eigenvalue weighted by molar-refractivity contribution is -0.146. The monoisotopic (exact) mass is 295 g/mol. The standard InChI is InChI=1S/C15H18ClNO3/c1-10-5-6-11(8-13(10)16)14(18)17-7-3-4-12(9-17)15(19)20-2/h5-6,8,12H,3-4,7,9H2,1-2H3. The molecular weight excluding hydrogens is 278 g/mol. The number of methoxy groups -OCH3 is 1. The van der Waals surface area contributed by atoms with Crippen molar-refractivity contribution >= 4 is 23.5 Å². The van der Waals surface area contributed by atoms with Gasteiger partial charge in [-0.1, -0.05) is 17.7 Å². The van der Waals surface area contributed by atoms with E-state index in [0.29, 0.717) is 23.7 Å². The van der Waals surface area contributed by atoms with Gasteiger partial charge in [-0.05, 0) is 37.5 Å². The van der Waals surface area contributed by atoms with Crippen LogP contribution in [0.15, 0.2) is 18.2 Å². The van der Waals surface area contributed by atoms with Crippen LogP contribution in [0.5, 0.6) is 0 Å². The van der Waals surface area contributed by atoms with Crippen LogP contribution in [0.3, 0.4) is 0 Å². The van der Waals surface area contributed by atoms with E-state index in [1.165, 1.54) is 7.11 Å². The zero-order chi connectivity index (χ0) is 14.7. The molecule has 1 aliphatic rings. The van der Waals surface area contributed by atoms with Crippen molar-refractivity contribution < 1.29 is 14.3 Å². The van der Waals surface area contributed by atoms with Crippen molar-refractivity contribution in [1.82, 2.24) is 4.90 Å². The van der Waals surface area contributed by atoms with Crippen molar-refractivity contribution in [2.24, 2.45) is 5.92 Å². The Kier molecular flexibility index (Phi) is 4.65. The summed E-state index contributed by atoms with van der Waals surface area (Å²) in [6, 6.07) is 5.28. The normalized spacial score (nSPS) is 18.8. The average Bonchev–Trinajstić information content (AvgIpc) is 2.48. The molecule has 1 aromatic carbocycles. The summed E-state index contributed by atoms with van der Waals surface area (Å²) in [6.07, 6.45) is 1.58. The Hall–Kier alpha value is -1.55. The number of nitrogens with zero attached hydrogens (tertiary/aromatic N) is 1. The molecule has 1 unspecified atom stereocenters. The van der Waals surface area contributed by atoms with E-state index in [2.05, 4.69) is 0 Å². The molecule has 5 heteroatoms. The number of halogens is 1. The first-order valence-corrected chi connectivity index (χ1v) is 7.04. The van der Waals surface area contributed by atoms with Crippen LogP contribution < -0.4 is 0 Å². The van der Waals surface area contributed by atoms with Crippen molar-refractivity contribution in [3.05, 3.63) is 34.3 Å². The lowest BCUT2D eigenvalue weighted by Gasteiger charge is -2.31. The number of esters is 1. The Bertz CT molecular complexity index is 530. The van der Waals surface area contributed by atoms with E-state index in [0.717, 1.165) is 18.4 Å². The number of carbonyl (C=O) groups is 2. The molecular formula is C15H18ClNO3. The van der Waals surface area contributed by atoms with E-state index in [-0.39, 0.29) is 17.8 Å². The van der Waals surface area contributed by atoms with Gasteiger partial charge in [0.25, 0.3) is 5.91 Å². The molecule has 1 heterocycles. The Balaban J connectivity index is 2.12. The molecule has 1 aliphatic heterocycles. The maximum absolute atomic E-state index is 12.4. The Labute approximate surface area is 123 Å². The number of benzene rings is 1. The van der Waals surface area contributed by atoms with Gasteiger partial charge < -0.3 is 9.64 Å². The molecule has 0 spiro atoms. The smallest absolute Gasteiger partial charge is 0.310 e. The summed E-state index contributed by atoms with van der Waals surface area (Å²) in [6.45, 7) is 2.97. The van der Waals surface area contributed by atoms with Gasteiger partial charge in [0.15, 0.2) is 0 Å². The summed E-state index contributed by atoms with van der Waals surface area (Å²) in [5, 5.41) is 0.581. The molecule has 20 heavy (non-hydrogen) atoms. The predicted octanol–water partition coefficient (Wildman–Crippen LogP) is 2.67. The van der Waals surface area contributed by atoms with Crippen molar-refractivity contribution in [3.8, 4) is 0 Å². The summed E-state index contributed by atoms with van der Waals surface area (Å²) in [5.74, 6) is -0.552. The summed E-state index contributed by atoms with van der Waals surface area (Å²) < 4.78 is 4.76. The van der Waals surface area contributed by atoms with Crippen molar-refractivity contribution in [3.63, 3.8) is 0 Å². The van der Waals surface area contributed by atoms with E-state index in [1.807, 2.05) is 13.0 Å². The molecule has 1 fully saturated rings. The molecule has 0 bridgehead atoms. The lowest BCUT2D eigenvalue weighted by Crippen LogP contribution is -2.42.